The molecular weight excluding hydrogens is 322 g/mol. The molecule has 1 fully saturated rings. The minimum Gasteiger partial charge on any atom is -0.373 e. The molecule has 1 aliphatic heterocycles. The van der Waals surface area contributed by atoms with Gasteiger partial charge in [-0.15, -0.1) is 11.3 Å². The van der Waals surface area contributed by atoms with Gasteiger partial charge in [-0.3, -0.25) is 4.90 Å². The van der Waals surface area contributed by atoms with Gasteiger partial charge in [-0.1, -0.05) is 11.2 Å². The first-order chi connectivity index (χ1) is 11.8. The van der Waals surface area contributed by atoms with E-state index < -0.39 is 0 Å². The Morgan fingerprint density at radius 1 is 1.38 bits per heavy atom. The monoisotopic (exact) mass is 341 g/mol. The molecule has 0 saturated carbocycles. The first-order valence-electron chi connectivity index (χ1n) is 8.07. The van der Waals surface area contributed by atoms with Gasteiger partial charge in [0.2, 0.25) is 11.7 Å². The summed E-state index contributed by atoms with van der Waals surface area (Å²) in [5, 5.41) is 9.27. The fourth-order valence-corrected chi connectivity index (χ4v) is 3.79. The molecule has 1 aliphatic rings. The first kappa shape index (κ1) is 15.3. The predicted molar refractivity (Wildman–Crippen MR) is 93.8 cm³/mol. The normalized spacial score (nSPS) is 18.1. The van der Waals surface area contributed by atoms with Crippen LogP contribution in [0, 0.1) is 0 Å². The third kappa shape index (κ3) is 3.05. The van der Waals surface area contributed by atoms with E-state index in [-0.39, 0.29) is 6.04 Å². The van der Waals surface area contributed by atoms with Crippen LogP contribution in [0.4, 0.5) is 5.82 Å². The molecule has 0 aliphatic carbocycles. The van der Waals surface area contributed by atoms with Crippen LogP contribution in [-0.2, 0) is 6.54 Å². The Balaban J connectivity index is 1.52. The summed E-state index contributed by atoms with van der Waals surface area (Å²) >= 11 is 1.79. The zero-order valence-electron chi connectivity index (χ0n) is 13.5. The van der Waals surface area contributed by atoms with Crippen molar-refractivity contribution in [1.82, 2.24) is 20.0 Å². The summed E-state index contributed by atoms with van der Waals surface area (Å²) in [6.45, 7) is 2.01. The van der Waals surface area contributed by atoms with E-state index in [1.54, 1.807) is 17.5 Å². The Morgan fingerprint density at radius 2 is 2.33 bits per heavy atom. The van der Waals surface area contributed by atoms with E-state index in [1.165, 1.54) is 4.88 Å². The Bertz CT molecular complexity index is 784. The highest BCUT2D eigenvalue weighted by Gasteiger charge is 2.31. The van der Waals surface area contributed by atoms with Crippen LogP contribution in [0.1, 0.15) is 29.7 Å². The molecule has 0 aromatic carbocycles. The van der Waals surface area contributed by atoms with Crippen molar-refractivity contribution < 1.29 is 4.52 Å². The van der Waals surface area contributed by atoms with Gasteiger partial charge in [0, 0.05) is 30.2 Å². The number of nitrogens with zero attached hydrogens (tertiary/aromatic N) is 4. The molecule has 4 heterocycles. The van der Waals surface area contributed by atoms with E-state index in [4.69, 9.17) is 4.52 Å². The molecule has 7 heteroatoms. The van der Waals surface area contributed by atoms with Crippen LogP contribution in [0.5, 0.6) is 0 Å². The lowest BCUT2D eigenvalue weighted by Crippen LogP contribution is -2.22. The SMILES string of the molecule is CNc1ccc(-c2noc([C@H]3CCCN3Cc3cccs3)n2)cn1. The van der Waals surface area contributed by atoms with E-state index in [9.17, 15) is 0 Å². The Hall–Kier alpha value is -2.25. The molecule has 0 unspecified atom stereocenters. The number of aromatic nitrogens is 3. The average molecular weight is 341 g/mol. The molecule has 0 spiro atoms. The standard InChI is InChI=1S/C17H19N5OS/c1-18-15-7-6-12(10-19-15)16-20-17(23-21-16)14-5-2-8-22(14)11-13-4-3-9-24-13/h3-4,6-7,9-10,14H,2,5,8,11H2,1H3,(H,18,19)/t14-/m1/s1. The van der Waals surface area contributed by atoms with Crippen LogP contribution in [0.3, 0.4) is 0 Å². The lowest BCUT2D eigenvalue weighted by atomic mass is 10.2. The highest BCUT2D eigenvalue weighted by atomic mass is 32.1. The molecule has 4 rings (SSSR count). The number of likely N-dealkylation sites (tertiary alicyclic amines) is 1. The van der Waals surface area contributed by atoms with Crippen LogP contribution in [-0.4, -0.2) is 33.6 Å². The summed E-state index contributed by atoms with van der Waals surface area (Å²) in [6.07, 6.45) is 3.98. The number of rotatable bonds is 5. The van der Waals surface area contributed by atoms with Gasteiger partial charge in [0.15, 0.2) is 0 Å². The quantitative estimate of drug-likeness (QED) is 0.765. The van der Waals surface area contributed by atoms with Gasteiger partial charge in [-0.05, 0) is 43.0 Å². The second-order valence-corrected chi connectivity index (χ2v) is 6.88. The highest BCUT2D eigenvalue weighted by molar-refractivity contribution is 7.09. The summed E-state index contributed by atoms with van der Waals surface area (Å²) in [6, 6.07) is 8.33. The predicted octanol–water partition coefficient (Wildman–Crippen LogP) is 3.57. The van der Waals surface area contributed by atoms with Crippen molar-refractivity contribution in [2.45, 2.75) is 25.4 Å². The summed E-state index contributed by atoms with van der Waals surface area (Å²) < 4.78 is 5.57. The van der Waals surface area contributed by atoms with Crippen molar-refractivity contribution in [3.8, 4) is 11.4 Å². The van der Waals surface area contributed by atoms with Gasteiger partial charge in [0.25, 0.3) is 0 Å². The minimum atomic E-state index is 0.206. The maximum absolute atomic E-state index is 5.57. The molecule has 0 bridgehead atoms. The maximum Gasteiger partial charge on any atom is 0.244 e. The van der Waals surface area contributed by atoms with Crippen LogP contribution in [0.25, 0.3) is 11.4 Å². The number of anilines is 1. The molecule has 3 aromatic heterocycles. The van der Waals surface area contributed by atoms with Crippen molar-refractivity contribution in [2.75, 3.05) is 18.9 Å². The Labute approximate surface area is 144 Å². The van der Waals surface area contributed by atoms with E-state index in [1.807, 2.05) is 19.2 Å². The first-order valence-corrected chi connectivity index (χ1v) is 8.95. The number of pyridine rings is 1. The highest BCUT2D eigenvalue weighted by Crippen LogP contribution is 2.33. The van der Waals surface area contributed by atoms with Crippen LogP contribution in [0.15, 0.2) is 40.4 Å². The second-order valence-electron chi connectivity index (χ2n) is 5.85. The fourth-order valence-electron chi connectivity index (χ4n) is 3.06. The van der Waals surface area contributed by atoms with Crippen LogP contribution in [0.2, 0.25) is 0 Å². The summed E-state index contributed by atoms with van der Waals surface area (Å²) in [5.41, 5.74) is 0.867. The topological polar surface area (TPSA) is 67.1 Å². The fraction of sp³-hybridized carbons (Fsp3) is 0.353. The molecule has 0 amide bonds. The smallest absolute Gasteiger partial charge is 0.244 e. The number of hydrogen-bond acceptors (Lipinski definition) is 7. The molecule has 124 valence electrons. The number of thiophene rings is 1. The molecule has 0 radical (unpaired) electrons. The molecule has 6 nitrogen and oxygen atoms in total. The molecule has 1 N–H and O–H groups in total. The molecule has 1 atom stereocenters. The molecule has 3 aromatic rings. The van der Waals surface area contributed by atoms with Gasteiger partial charge in [-0.2, -0.15) is 4.98 Å². The number of nitrogens with one attached hydrogen (secondary N) is 1. The van der Waals surface area contributed by atoms with Gasteiger partial charge < -0.3 is 9.84 Å². The van der Waals surface area contributed by atoms with E-state index in [0.717, 1.165) is 37.3 Å². The third-order valence-corrected chi connectivity index (χ3v) is 5.17. The second kappa shape index (κ2) is 6.70. The third-order valence-electron chi connectivity index (χ3n) is 4.31. The van der Waals surface area contributed by atoms with E-state index in [2.05, 4.69) is 42.9 Å². The van der Waals surface area contributed by atoms with Crippen molar-refractivity contribution in [1.29, 1.82) is 0 Å². The van der Waals surface area contributed by atoms with Crippen molar-refractivity contribution in [3.63, 3.8) is 0 Å². The van der Waals surface area contributed by atoms with Crippen LogP contribution >= 0.6 is 11.3 Å². The minimum absolute atomic E-state index is 0.206. The molecule has 24 heavy (non-hydrogen) atoms. The van der Waals surface area contributed by atoms with Crippen LogP contribution < -0.4 is 5.32 Å². The van der Waals surface area contributed by atoms with Gasteiger partial charge in [-0.25, -0.2) is 4.98 Å². The van der Waals surface area contributed by atoms with Gasteiger partial charge in [0.05, 0.1) is 6.04 Å². The lowest BCUT2D eigenvalue weighted by Gasteiger charge is -2.20. The van der Waals surface area contributed by atoms with E-state index in [0.29, 0.717) is 11.7 Å². The average Bonchev–Trinajstić information content (AvgIpc) is 3.37. The molecular formula is C17H19N5OS. The van der Waals surface area contributed by atoms with Crippen molar-refractivity contribution >= 4 is 17.2 Å². The van der Waals surface area contributed by atoms with Gasteiger partial charge >= 0.3 is 0 Å². The number of hydrogen-bond donors (Lipinski definition) is 1. The zero-order chi connectivity index (χ0) is 16.4. The van der Waals surface area contributed by atoms with Crippen molar-refractivity contribution in [3.05, 3.63) is 46.6 Å². The lowest BCUT2D eigenvalue weighted by molar-refractivity contribution is 0.202. The van der Waals surface area contributed by atoms with Crippen molar-refractivity contribution in [2.24, 2.45) is 0 Å². The molecule has 1 saturated heterocycles. The summed E-state index contributed by atoms with van der Waals surface area (Å²) in [7, 11) is 1.84. The Morgan fingerprint density at radius 3 is 3.08 bits per heavy atom. The summed E-state index contributed by atoms with van der Waals surface area (Å²) in [5.74, 6) is 2.13. The zero-order valence-corrected chi connectivity index (χ0v) is 14.3. The maximum atomic E-state index is 5.57. The Kier molecular flexibility index (Phi) is 4.27. The van der Waals surface area contributed by atoms with Gasteiger partial charge in [0.1, 0.15) is 5.82 Å². The van der Waals surface area contributed by atoms with E-state index >= 15 is 0 Å². The summed E-state index contributed by atoms with van der Waals surface area (Å²) in [4.78, 5) is 12.7. The largest absolute Gasteiger partial charge is 0.373 e.